The number of carbonyl (C=O) groups is 3. The van der Waals surface area contributed by atoms with Gasteiger partial charge in [0.25, 0.3) is 0 Å². The Hall–Kier alpha value is -3.77. The van der Waals surface area contributed by atoms with Crippen molar-refractivity contribution in [2.75, 3.05) is 7.05 Å². The van der Waals surface area contributed by atoms with Crippen molar-refractivity contribution in [3.8, 4) is 0 Å². The van der Waals surface area contributed by atoms with E-state index in [1.165, 1.54) is 12.0 Å². The number of ketones is 2. The number of likely N-dealkylation sites (N-methyl/N-ethyl adjacent to an activating group) is 1. The maximum atomic E-state index is 13.8. The number of fused-ring (bicyclic) bond motifs is 3. The minimum Gasteiger partial charge on any atom is -0.368 e. The number of hydroxylamine groups is 2. The Morgan fingerprint density at radius 3 is 2.13 bits per heavy atom. The fourth-order valence-corrected chi connectivity index (χ4v) is 5.42. The monoisotopic (exact) mass is 526 g/mol. The summed E-state index contributed by atoms with van der Waals surface area (Å²) in [7, 11) is 1.65. The van der Waals surface area contributed by atoms with Crippen molar-refractivity contribution in [1.29, 1.82) is 0 Å². The molecular weight excluding hydrogens is 488 g/mol. The number of carbonyl (C=O) groups excluding carboxylic acids is 3. The van der Waals surface area contributed by atoms with Gasteiger partial charge in [-0.1, -0.05) is 56.9 Å². The summed E-state index contributed by atoms with van der Waals surface area (Å²) in [6.45, 7) is 8.28. The fraction of sp³-hybridized carbons (Fsp3) is 0.364. The number of benzene rings is 3. The van der Waals surface area contributed by atoms with Crippen LogP contribution < -0.4 is 0 Å². The third-order valence-corrected chi connectivity index (χ3v) is 7.46. The second-order valence-corrected chi connectivity index (χ2v) is 10.2. The van der Waals surface area contributed by atoms with Crippen LogP contribution in [0.2, 0.25) is 0 Å². The van der Waals surface area contributed by atoms with Crippen molar-refractivity contribution in [2.45, 2.75) is 72.4 Å². The van der Waals surface area contributed by atoms with E-state index in [2.05, 4.69) is 18.4 Å². The molecule has 0 aliphatic carbocycles. The van der Waals surface area contributed by atoms with Crippen LogP contribution in [0.25, 0.3) is 21.8 Å². The molecule has 0 aliphatic heterocycles. The zero-order chi connectivity index (χ0) is 28.1. The first-order valence-corrected chi connectivity index (χ1v) is 13.9. The molecule has 0 saturated carbocycles. The number of aromatic nitrogens is 1. The minimum atomic E-state index is -0.569. The molecule has 1 unspecified atom stereocenters. The molecular formula is C33H38N2O4. The molecule has 3 aromatic carbocycles. The van der Waals surface area contributed by atoms with Crippen molar-refractivity contribution in [3.63, 3.8) is 0 Å². The van der Waals surface area contributed by atoms with Gasteiger partial charge in [0.2, 0.25) is 0 Å². The predicted octanol–water partition coefficient (Wildman–Crippen LogP) is 7.29. The van der Waals surface area contributed by atoms with Gasteiger partial charge in [0.1, 0.15) is 6.04 Å². The van der Waals surface area contributed by atoms with Gasteiger partial charge in [-0.25, -0.2) is 0 Å². The maximum absolute atomic E-state index is 13.8. The molecule has 6 heteroatoms. The molecule has 204 valence electrons. The lowest BCUT2D eigenvalue weighted by Gasteiger charge is -2.25. The van der Waals surface area contributed by atoms with Crippen LogP contribution in [0.3, 0.4) is 0 Å². The van der Waals surface area contributed by atoms with Crippen LogP contribution in [0.5, 0.6) is 0 Å². The van der Waals surface area contributed by atoms with Crippen molar-refractivity contribution >= 4 is 39.3 Å². The number of hydrogen-bond donors (Lipinski definition) is 0. The lowest BCUT2D eigenvalue weighted by molar-refractivity contribution is -0.187. The summed E-state index contributed by atoms with van der Waals surface area (Å²) in [5.41, 5.74) is 4.84. The second-order valence-electron chi connectivity index (χ2n) is 10.2. The third-order valence-electron chi connectivity index (χ3n) is 7.46. The summed E-state index contributed by atoms with van der Waals surface area (Å²) in [4.78, 5) is 44.2. The number of nitrogens with zero attached hydrogens (tertiary/aromatic N) is 2. The van der Waals surface area contributed by atoms with Crippen molar-refractivity contribution in [2.24, 2.45) is 0 Å². The molecule has 4 rings (SSSR count). The van der Waals surface area contributed by atoms with E-state index < -0.39 is 12.0 Å². The molecule has 1 atom stereocenters. The Labute approximate surface area is 230 Å². The third kappa shape index (κ3) is 5.96. The second kappa shape index (κ2) is 12.4. The molecule has 0 aliphatic rings. The summed E-state index contributed by atoms with van der Waals surface area (Å²) in [6.07, 6.45) is 4.70. The van der Waals surface area contributed by atoms with Crippen LogP contribution in [-0.2, 0) is 16.2 Å². The number of rotatable bonds is 12. The van der Waals surface area contributed by atoms with Crippen LogP contribution >= 0.6 is 0 Å². The van der Waals surface area contributed by atoms with E-state index in [4.69, 9.17) is 4.84 Å². The maximum Gasteiger partial charge on any atom is 0.322 e. The molecule has 6 nitrogen and oxygen atoms in total. The molecule has 0 spiro atoms. The normalized spacial score (nSPS) is 12.3. The van der Waals surface area contributed by atoms with Gasteiger partial charge in [-0.2, -0.15) is 0 Å². The fourth-order valence-electron chi connectivity index (χ4n) is 5.42. The predicted molar refractivity (Wildman–Crippen MR) is 156 cm³/mol. The van der Waals surface area contributed by atoms with Gasteiger partial charge < -0.3 is 9.40 Å². The minimum absolute atomic E-state index is 0.0187. The molecule has 4 aromatic rings. The Balaban J connectivity index is 1.77. The molecule has 0 N–H and O–H groups in total. The van der Waals surface area contributed by atoms with Gasteiger partial charge >= 0.3 is 5.97 Å². The number of Topliss-reactive ketones (excluding diaryl/α,β-unsaturated/α-hetero) is 1. The highest BCUT2D eigenvalue weighted by Crippen LogP contribution is 2.32. The molecule has 0 saturated heterocycles. The molecule has 0 bridgehead atoms. The summed E-state index contributed by atoms with van der Waals surface area (Å²) < 4.78 is 2.20. The number of aryl methyl sites for hydroxylation is 2. The molecule has 0 fully saturated rings. The highest BCUT2D eigenvalue weighted by atomic mass is 16.7. The van der Waals surface area contributed by atoms with Gasteiger partial charge in [-0.3, -0.25) is 14.4 Å². The molecule has 1 heterocycles. The average Bonchev–Trinajstić information content (AvgIpc) is 3.24. The molecule has 1 aromatic heterocycles. The van der Waals surface area contributed by atoms with E-state index in [9.17, 15) is 14.4 Å². The molecule has 0 amide bonds. The van der Waals surface area contributed by atoms with Gasteiger partial charge in [-0.05, 0) is 62.2 Å². The first kappa shape index (κ1) is 28.2. The SMILES string of the molecule is CCCCCCC(C(=O)c1ccc2c(c1)c1cc(C(=O)c3ccccc3C)ccc1n2CC)N(C)OC(C)=O. The standard InChI is InChI=1S/C33H38N2O4/c1-6-8-9-10-15-31(34(5)39-23(4)36)33(38)25-17-19-30-28(21-25)27-20-24(16-18-29(27)35(30)7-2)32(37)26-14-12-11-13-22(26)3/h11-14,16-21,31H,6-10,15H2,1-5H3. The van der Waals surface area contributed by atoms with Crippen LogP contribution in [-0.4, -0.2) is 40.3 Å². The summed E-state index contributed by atoms with van der Waals surface area (Å²) in [5, 5.41) is 3.26. The van der Waals surface area contributed by atoms with E-state index in [0.717, 1.165) is 59.6 Å². The zero-order valence-electron chi connectivity index (χ0n) is 23.6. The van der Waals surface area contributed by atoms with E-state index in [-0.39, 0.29) is 11.6 Å². The van der Waals surface area contributed by atoms with Crippen LogP contribution in [0.4, 0.5) is 0 Å². The highest BCUT2D eigenvalue weighted by molar-refractivity contribution is 6.16. The number of unbranched alkanes of at least 4 members (excludes halogenated alkanes) is 3. The smallest absolute Gasteiger partial charge is 0.322 e. The largest absolute Gasteiger partial charge is 0.368 e. The average molecular weight is 527 g/mol. The topological polar surface area (TPSA) is 68.6 Å². The Morgan fingerprint density at radius 1 is 0.872 bits per heavy atom. The Bertz CT molecular complexity index is 1520. The summed E-state index contributed by atoms with van der Waals surface area (Å²) in [6, 6.07) is 18.6. The summed E-state index contributed by atoms with van der Waals surface area (Å²) in [5.74, 6) is -0.548. The van der Waals surface area contributed by atoms with E-state index in [1.54, 1.807) is 7.05 Å². The lowest BCUT2D eigenvalue weighted by Crippen LogP contribution is -2.39. The first-order chi connectivity index (χ1) is 18.8. The summed E-state index contributed by atoms with van der Waals surface area (Å²) >= 11 is 0. The quantitative estimate of drug-likeness (QED) is 0.110. The first-order valence-electron chi connectivity index (χ1n) is 13.9. The van der Waals surface area contributed by atoms with Gasteiger partial charge in [0.05, 0.1) is 0 Å². The van der Waals surface area contributed by atoms with Crippen molar-refractivity contribution < 1.29 is 19.2 Å². The van der Waals surface area contributed by atoms with Crippen LogP contribution in [0.15, 0.2) is 60.7 Å². The van der Waals surface area contributed by atoms with E-state index in [1.807, 2.05) is 67.6 Å². The van der Waals surface area contributed by atoms with Crippen molar-refractivity contribution in [3.05, 3.63) is 82.9 Å². The zero-order valence-corrected chi connectivity index (χ0v) is 23.6. The number of hydrogen-bond acceptors (Lipinski definition) is 5. The molecule has 0 radical (unpaired) electrons. The Morgan fingerprint density at radius 2 is 1.51 bits per heavy atom. The van der Waals surface area contributed by atoms with Gasteiger partial charge in [0, 0.05) is 59.0 Å². The van der Waals surface area contributed by atoms with Gasteiger partial charge in [0.15, 0.2) is 11.6 Å². The van der Waals surface area contributed by atoms with Crippen LogP contribution in [0.1, 0.15) is 84.7 Å². The van der Waals surface area contributed by atoms with E-state index >= 15 is 0 Å². The van der Waals surface area contributed by atoms with Crippen molar-refractivity contribution in [1.82, 2.24) is 9.63 Å². The lowest BCUT2D eigenvalue weighted by atomic mass is 9.96. The van der Waals surface area contributed by atoms with Gasteiger partial charge in [-0.15, -0.1) is 5.06 Å². The Kier molecular flexibility index (Phi) is 8.97. The van der Waals surface area contributed by atoms with E-state index in [0.29, 0.717) is 23.1 Å². The highest BCUT2D eigenvalue weighted by Gasteiger charge is 2.27. The van der Waals surface area contributed by atoms with Crippen LogP contribution in [0, 0.1) is 6.92 Å². The molecule has 39 heavy (non-hydrogen) atoms.